The van der Waals surface area contributed by atoms with Gasteiger partial charge in [0.15, 0.2) is 0 Å². The molecule has 0 bridgehead atoms. The average molecular weight is 394 g/mol. The van der Waals surface area contributed by atoms with Gasteiger partial charge in [0.2, 0.25) is 5.91 Å². The van der Waals surface area contributed by atoms with Gasteiger partial charge in [-0.05, 0) is 35.4 Å². The first kappa shape index (κ1) is 21.3. The van der Waals surface area contributed by atoms with Crippen LogP contribution >= 0.6 is 0 Å². The number of rotatable bonds is 7. The molecule has 28 heavy (non-hydrogen) atoms. The van der Waals surface area contributed by atoms with Crippen molar-refractivity contribution in [1.29, 1.82) is 0 Å². The Kier molecular flexibility index (Phi) is 7.03. The molecule has 2 amide bonds. The van der Waals surface area contributed by atoms with Gasteiger partial charge in [-0.25, -0.2) is 0 Å². The summed E-state index contributed by atoms with van der Waals surface area (Å²) in [5, 5.41) is 2.61. The lowest BCUT2D eigenvalue weighted by Crippen LogP contribution is -2.38. The fourth-order valence-electron chi connectivity index (χ4n) is 2.54. The molecule has 0 radical (unpaired) electrons. The molecule has 0 aliphatic rings. The molecule has 0 saturated heterocycles. The van der Waals surface area contributed by atoms with Crippen molar-refractivity contribution in [1.82, 2.24) is 10.2 Å². The van der Waals surface area contributed by atoms with Crippen molar-refractivity contribution in [2.75, 3.05) is 13.7 Å². The van der Waals surface area contributed by atoms with E-state index in [1.165, 1.54) is 26.2 Å². The maximum atomic E-state index is 13.0. The lowest BCUT2D eigenvalue weighted by atomic mass is 10.1. The molecule has 0 unspecified atom stereocenters. The number of carbonyl (C=O) groups excluding carboxylic acids is 2. The van der Waals surface area contributed by atoms with Gasteiger partial charge < -0.3 is 15.0 Å². The van der Waals surface area contributed by atoms with Gasteiger partial charge in [-0.2, -0.15) is 13.2 Å². The summed E-state index contributed by atoms with van der Waals surface area (Å²) in [6, 6.07) is 12.6. The molecule has 0 aliphatic heterocycles. The minimum Gasteiger partial charge on any atom is -0.497 e. The molecule has 2 aromatic rings. The Morgan fingerprint density at radius 3 is 2.07 bits per heavy atom. The molecule has 8 heteroatoms. The molecule has 5 nitrogen and oxygen atoms in total. The van der Waals surface area contributed by atoms with Crippen molar-refractivity contribution in [2.45, 2.75) is 26.2 Å². The van der Waals surface area contributed by atoms with E-state index in [1.807, 2.05) is 0 Å². The number of ether oxygens (including phenoxy) is 1. The molecule has 0 fully saturated rings. The van der Waals surface area contributed by atoms with Crippen molar-refractivity contribution in [3.05, 3.63) is 65.2 Å². The Morgan fingerprint density at radius 1 is 1.00 bits per heavy atom. The highest BCUT2D eigenvalue weighted by Crippen LogP contribution is 2.21. The van der Waals surface area contributed by atoms with Crippen molar-refractivity contribution < 1.29 is 27.5 Å². The van der Waals surface area contributed by atoms with E-state index in [4.69, 9.17) is 4.74 Å². The van der Waals surface area contributed by atoms with Gasteiger partial charge in [-0.1, -0.05) is 24.3 Å². The quantitative estimate of drug-likeness (QED) is 0.782. The Hall–Kier alpha value is -3.03. The van der Waals surface area contributed by atoms with Crippen LogP contribution in [-0.2, 0) is 17.9 Å². The summed E-state index contributed by atoms with van der Waals surface area (Å²) in [6.07, 6.45) is -4.52. The highest BCUT2D eigenvalue weighted by Gasteiger charge is 2.33. The van der Waals surface area contributed by atoms with Crippen LogP contribution in [-0.4, -0.2) is 36.5 Å². The second-order valence-corrected chi connectivity index (χ2v) is 6.23. The minimum atomic E-state index is -4.52. The maximum absolute atomic E-state index is 13.0. The van der Waals surface area contributed by atoms with E-state index < -0.39 is 18.6 Å². The van der Waals surface area contributed by atoms with Gasteiger partial charge in [0.05, 0.1) is 7.11 Å². The maximum Gasteiger partial charge on any atom is 0.406 e. The molecule has 0 atom stereocenters. The van der Waals surface area contributed by atoms with Crippen LogP contribution in [0.15, 0.2) is 48.5 Å². The monoisotopic (exact) mass is 394 g/mol. The largest absolute Gasteiger partial charge is 0.497 e. The number of halogens is 3. The van der Waals surface area contributed by atoms with Crippen molar-refractivity contribution in [3.8, 4) is 5.75 Å². The number of hydrogen-bond acceptors (Lipinski definition) is 3. The number of methoxy groups -OCH3 is 1. The van der Waals surface area contributed by atoms with E-state index in [0.717, 1.165) is 10.5 Å². The third-order valence-corrected chi connectivity index (χ3v) is 3.93. The SMILES string of the molecule is COc1ccc(CN(CC(F)(F)F)C(=O)c2ccc(CNC(C)=O)cc2)cc1. The van der Waals surface area contributed by atoms with Crippen molar-refractivity contribution in [2.24, 2.45) is 0 Å². The minimum absolute atomic E-state index is 0.143. The smallest absolute Gasteiger partial charge is 0.406 e. The second-order valence-electron chi connectivity index (χ2n) is 6.23. The number of amides is 2. The molecule has 0 aromatic heterocycles. The van der Waals surface area contributed by atoms with E-state index in [2.05, 4.69) is 5.32 Å². The summed E-state index contributed by atoms with van der Waals surface area (Å²) >= 11 is 0. The van der Waals surface area contributed by atoms with Gasteiger partial charge in [0.1, 0.15) is 12.3 Å². The first-order chi connectivity index (χ1) is 13.2. The summed E-state index contributed by atoms with van der Waals surface area (Å²) < 4.78 is 44.0. The molecule has 0 heterocycles. The molecular formula is C20H21F3N2O3. The number of alkyl halides is 3. The Balaban J connectivity index is 2.16. The zero-order valence-electron chi connectivity index (χ0n) is 15.5. The fourth-order valence-corrected chi connectivity index (χ4v) is 2.54. The Bertz CT molecular complexity index is 803. The zero-order chi connectivity index (χ0) is 20.7. The highest BCUT2D eigenvalue weighted by molar-refractivity contribution is 5.94. The average Bonchev–Trinajstić information content (AvgIpc) is 2.65. The van der Waals surface area contributed by atoms with Crippen LogP contribution < -0.4 is 10.1 Å². The van der Waals surface area contributed by atoms with Gasteiger partial charge in [0.25, 0.3) is 5.91 Å². The number of hydrogen-bond donors (Lipinski definition) is 1. The zero-order valence-corrected chi connectivity index (χ0v) is 15.5. The van der Waals surface area contributed by atoms with Crippen LogP contribution in [0.4, 0.5) is 13.2 Å². The lowest BCUT2D eigenvalue weighted by Gasteiger charge is -2.24. The standard InChI is InChI=1S/C20H21F3N2O3/c1-14(26)24-11-15-3-7-17(8-4-15)19(27)25(13-20(21,22)23)12-16-5-9-18(28-2)10-6-16/h3-10H,11-13H2,1-2H3,(H,24,26). The second kappa shape index (κ2) is 9.25. The Labute approximate surface area is 161 Å². The highest BCUT2D eigenvalue weighted by atomic mass is 19.4. The lowest BCUT2D eigenvalue weighted by molar-refractivity contribution is -0.141. The molecule has 0 spiro atoms. The third kappa shape index (κ3) is 6.61. The first-order valence-electron chi connectivity index (χ1n) is 8.50. The summed E-state index contributed by atoms with van der Waals surface area (Å²) in [7, 11) is 1.49. The molecular weight excluding hydrogens is 373 g/mol. The summed E-state index contributed by atoms with van der Waals surface area (Å²) in [4.78, 5) is 24.4. The van der Waals surface area contributed by atoms with Crippen LogP contribution in [0.3, 0.4) is 0 Å². The normalized spacial score (nSPS) is 11.0. The van der Waals surface area contributed by atoms with Crippen molar-refractivity contribution >= 4 is 11.8 Å². The van der Waals surface area contributed by atoms with Crippen LogP contribution in [0, 0.1) is 0 Å². The molecule has 0 saturated carbocycles. The van der Waals surface area contributed by atoms with Crippen molar-refractivity contribution in [3.63, 3.8) is 0 Å². The van der Waals surface area contributed by atoms with E-state index in [0.29, 0.717) is 11.3 Å². The van der Waals surface area contributed by atoms with Crippen LogP contribution in [0.5, 0.6) is 5.75 Å². The molecule has 1 N–H and O–H groups in total. The number of benzene rings is 2. The third-order valence-electron chi connectivity index (χ3n) is 3.93. The molecule has 2 rings (SSSR count). The van der Waals surface area contributed by atoms with Gasteiger partial charge in [-0.15, -0.1) is 0 Å². The first-order valence-corrected chi connectivity index (χ1v) is 8.50. The Morgan fingerprint density at radius 2 is 1.57 bits per heavy atom. The number of nitrogens with one attached hydrogen (secondary N) is 1. The fraction of sp³-hybridized carbons (Fsp3) is 0.300. The summed E-state index contributed by atoms with van der Waals surface area (Å²) in [5.74, 6) is -0.345. The van der Waals surface area contributed by atoms with Gasteiger partial charge >= 0.3 is 6.18 Å². The van der Waals surface area contributed by atoms with Crippen LogP contribution in [0.25, 0.3) is 0 Å². The molecule has 0 aliphatic carbocycles. The summed E-state index contributed by atoms with van der Waals surface area (Å²) in [6.45, 7) is 0.121. The van der Waals surface area contributed by atoms with Gasteiger partial charge in [0, 0.05) is 25.6 Å². The van der Waals surface area contributed by atoms with Crippen LogP contribution in [0.2, 0.25) is 0 Å². The van der Waals surface area contributed by atoms with Gasteiger partial charge in [-0.3, -0.25) is 9.59 Å². The number of carbonyl (C=O) groups is 2. The molecule has 150 valence electrons. The predicted molar refractivity (Wildman–Crippen MR) is 97.8 cm³/mol. The van der Waals surface area contributed by atoms with E-state index in [1.54, 1.807) is 36.4 Å². The van der Waals surface area contributed by atoms with E-state index in [-0.39, 0.29) is 24.6 Å². The van der Waals surface area contributed by atoms with E-state index in [9.17, 15) is 22.8 Å². The topological polar surface area (TPSA) is 58.6 Å². The molecule has 2 aromatic carbocycles. The van der Waals surface area contributed by atoms with Crippen LogP contribution in [0.1, 0.15) is 28.4 Å². The van der Waals surface area contributed by atoms with E-state index >= 15 is 0 Å². The predicted octanol–water partition coefficient (Wildman–Crippen LogP) is 3.54. The number of nitrogens with zero attached hydrogens (tertiary/aromatic N) is 1. The summed E-state index contributed by atoms with van der Waals surface area (Å²) in [5.41, 5.74) is 1.44.